The number of aryl methyl sites for hydroxylation is 1. The zero-order chi connectivity index (χ0) is 20.2. The van der Waals surface area contributed by atoms with Gasteiger partial charge in [0.05, 0.1) is 13.7 Å². The maximum atomic E-state index is 5.95. The van der Waals surface area contributed by atoms with Crippen LogP contribution in [0.3, 0.4) is 0 Å². The number of benzene rings is 2. The van der Waals surface area contributed by atoms with E-state index in [-0.39, 0.29) is 24.0 Å². The molecule has 160 valence electrons. The van der Waals surface area contributed by atoms with Crippen LogP contribution in [0.2, 0.25) is 0 Å². The number of ether oxygens (including phenoxy) is 3. The van der Waals surface area contributed by atoms with E-state index >= 15 is 0 Å². The molecule has 0 aliphatic carbocycles. The van der Waals surface area contributed by atoms with Crippen LogP contribution in [-0.4, -0.2) is 40.4 Å². The number of guanidine groups is 1. The minimum Gasteiger partial charge on any atom is -0.497 e. The van der Waals surface area contributed by atoms with Crippen LogP contribution >= 0.6 is 24.0 Å². The molecule has 0 aliphatic heterocycles. The Balaban J connectivity index is 0.00000420. The highest BCUT2D eigenvalue weighted by Gasteiger charge is 2.06. The van der Waals surface area contributed by atoms with E-state index in [1.165, 1.54) is 5.56 Å². The molecule has 2 rings (SSSR count). The molecule has 0 saturated carbocycles. The van der Waals surface area contributed by atoms with Crippen molar-refractivity contribution in [2.75, 3.05) is 34.5 Å². The summed E-state index contributed by atoms with van der Waals surface area (Å²) >= 11 is 0. The summed E-state index contributed by atoms with van der Waals surface area (Å²) in [5, 5.41) is 6.67. The van der Waals surface area contributed by atoms with Gasteiger partial charge in [-0.15, -0.1) is 24.0 Å². The standard InChI is InChI=1S/C22H31N3O3.HI/c1-17-9-10-19(21(13-17)28-12-6-11-26-3)16-25-22(23-2)24-15-18-7-5-8-20(14-18)27-4;/h5,7-10,13-14H,6,11-12,15-16H2,1-4H3,(H2,23,24,25);1H. The first kappa shape index (κ1) is 25.0. The summed E-state index contributed by atoms with van der Waals surface area (Å²) in [4.78, 5) is 4.30. The summed E-state index contributed by atoms with van der Waals surface area (Å²) in [6.07, 6.45) is 0.862. The van der Waals surface area contributed by atoms with Gasteiger partial charge in [0.15, 0.2) is 5.96 Å². The number of methoxy groups -OCH3 is 2. The van der Waals surface area contributed by atoms with Gasteiger partial charge in [0, 0.05) is 45.8 Å². The molecule has 2 aromatic carbocycles. The first-order valence-electron chi connectivity index (χ1n) is 9.45. The minimum atomic E-state index is 0. The summed E-state index contributed by atoms with van der Waals surface area (Å²) in [5.41, 5.74) is 3.39. The lowest BCUT2D eigenvalue weighted by Gasteiger charge is -2.16. The fourth-order valence-corrected chi connectivity index (χ4v) is 2.70. The van der Waals surface area contributed by atoms with Crippen molar-refractivity contribution in [3.63, 3.8) is 0 Å². The van der Waals surface area contributed by atoms with Crippen molar-refractivity contribution in [3.05, 3.63) is 59.2 Å². The zero-order valence-corrected chi connectivity index (χ0v) is 20.0. The third kappa shape index (κ3) is 8.91. The lowest BCUT2D eigenvalue weighted by atomic mass is 10.1. The van der Waals surface area contributed by atoms with Crippen LogP contribution in [0, 0.1) is 6.92 Å². The van der Waals surface area contributed by atoms with Crippen LogP contribution in [0.1, 0.15) is 23.1 Å². The Kier molecular flexibility index (Phi) is 12.1. The van der Waals surface area contributed by atoms with E-state index in [9.17, 15) is 0 Å². The van der Waals surface area contributed by atoms with Crippen molar-refractivity contribution in [2.24, 2.45) is 4.99 Å². The molecule has 0 amide bonds. The normalized spacial score (nSPS) is 10.8. The molecule has 0 radical (unpaired) electrons. The summed E-state index contributed by atoms with van der Waals surface area (Å²) in [5.74, 6) is 2.47. The molecule has 0 fully saturated rings. The Labute approximate surface area is 191 Å². The van der Waals surface area contributed by atoms with E-state index in [0.717, 1.165) is 35.0 Å². The van der Waals surface area contributed by atoms with E-state index in [4.69, 9.17) is 14.2 Å². The van der Waals surface area contributed by atoms with Crippen molar-refractivity contribution in [3.8, 4) is 11.5 Å². The SMILES string of the molecule is CN=C(NCc1cccc(OC)c1)NCc1ccc(C)cc1OCCCOC.I. The molecular formula is C22H32IN3O3. The molecule has 7 heteroatoms. The second-order valence-corrected chi connectivity index (χ2v) is 6.44. The van der Waals surface area contributed by atoms with Crippen LogP contribution in [0.4, 0.5) is 0 Å². The highest BCUT2D eigenvalue weighted by atomic mass is 127. The molecule has 0 bridgehead atoms. The summed E-state index contributed by atoms with van der Waals surface area (Å²) < 4.78 is 16.3. The van der Waals surface area contributed by atoms with Crippen molar-refractivity contribution < 1.29 is 14.2 Å². The topological polar surface area (TPSA) is 64.1 Å². The Morgan fingerprint density at radius 1 is 1.00 bits per heavy atom. The van der Waals surface area contributed by atoms with E-state index < -0.39 is 0 Å². The zero-order valence-electron chi connectivity index (χ0n) is 17.7. The quantitative estimate of drug-likeness (QED) is 0.219. The summed E-state index contributed by atoms with van der Waals surface area (Å²) in [7, 11) is 5.13. The fourth-order valence-electron chi connectivity index (χ4n) is 2.70. The van der Waals surface area contributed by atoms with Crippen LogP contribution in [0.25, 0.3) is 0 Å². The summed E-state index contributed by atoms with van der Waals surface area (Å²) in [6.45, 7) is 4.67. The highest BCUT2D eigenvalue weighted by molar-refractivity contribution is 14.0. The van der Waals surface area contributed by atoms with Gasteiger partial charge in [0.2, 0.25) is 0 Å². The average molecular weight is 513 g/mol. The number of nitrogens with one attached hydrogen (secondary N) is 2. The van der Waals surface area contributed by atoms with Gasteiger partial charge in [0.1, 0.15) is 11.5 Å². The predicted molar refractivity (Wildman–Crippen MR) is 129 cm³/mol. The highest BCUT2D eigenvalue weighted by Crippen LogP contribution is 2.20. The predicted octanol–water partition coefficient (Wildman–Crippen LogP) is 3.90. The van der Waals surface area contributed by atoms with Gasteiger partial charge < -0.3 is 24.8 Å². The van der Waals surface area contributed by atoms with Crippen LogP contribution in [0.5, 0.6) is 11.5 Å². The van der Waals surface area contributed by atoms with E-state index in [2.05, 4.69) is 46.8 Å². The van der Waals surface area contributed by atoms with Gasteiger partial charge in [-0.2, -0.15) is 0 Å². The van der Waals surface area contributed by atoms with Crippen molar-refractivity contribution in [1.82, 2.24) is 10.6 Å². The summed E-state index contributed by atoms with van der Waals surface area (Å²) in [6, 6.07) is 14.2. The van der Waals surface area contributed by atoms with Gasteiger partial charge in [-0.05, 0) is 36.2 Å². The minimum absolute atomic E-state index is 0. The van der Waals surface area contributed by atoms with E-state index in [0.29, 0.717) is 26.3 Å². The Hall–Kier alpha value is -2.00. The number of nitrogens with zero attached hydrogens (tertiary/aromatic N) is 1. The smallest absolute Gasteiger partial charge is 0.191 e. The van der Waals surface area contributed by atoms with Gasteiger partial charge in [-0.1, -0.05) is 24.3 Å². The lowest BCUT2D eigenvalue weighted by Crippen LogP contribution is -2.36. The molecule has 0 saturated heterocycles. The van der Waals surface area contributed by atoms with Gasteiger partial charge in [0.25, 0.3) is 0 Å². The average Bonchev–Trinajstić information content (AvgIpc) is 2.72. The maximum Gasteiger partial charge on any atom is 0.191 e. The number of hydrogen-bond donors (Lipinski definition) is 2. The molecule has 2 aromatic rings. The molecule has 0 aromatic heterocycles. The van der Waals surface area contributed by atoms with Crippen molar-refractivity contribution in [2.45, 2.75) is 26.4 Å². The van der Waals surface area contributed by atoms with Gasteiger partial charge in [-0.25, -0.2) is 0 Å². The first-order chi connectivity index (χ1) is 13.7. The second kappa shape index (κ2) is 14.1. The third-order valence-electron chi connectivity index (χ3n) is 4.24. The van der Waals surface area contributed by atoms with Crippen LogP contribution < -0.4 is 20.1 Å². The van der Waals surface area contributed by atoms with Crippen molar-refractivity contribution in [1.29, 1.82) is 0 Å². The monoisotopic (exact) mass is 513 g/mol. The fraction of sp³-hybridized carbons (Fsp3) is 0.409. The molecule has 6 nitrogen and oxygen atoms in total. The second-order valence-electron chi connectivity index (χ2n) is 6.44. The third-order valence-corrected chi connectivity index (χ3v) is 4.24. The molecule has 0 unspecified atom stereocenters. The molecular weight excluding hydrogens is 481 g/mol. The maximum absolute atomic E-state index is 5.95. The van der Waals surface area contributed by atoms with Gasteiger partial charge >= 0.3 is 0 Å². The number of aliphatic imine (C=N–C) groups is 1. The van der Waals surface area contributed by atoms with Crippen molar-refractivity contribution >= 4 is 29.9 Å². The largest absolute Gasteiger partial charge is 0.497 e. The van der Waals surface area contributed by atoms with Crippen LogP contribution in [0.15, 0.2) is 47.5 Å². The molecule has 0 spiro atoms. The molecule has 2 N–H and O–H groups in total. The van der Waals surface area contributed by atoms with E-state index in [1.807, 2.05) is 18.2 Å². The lowest BCUT2D eigenvalue weighted by molar-refractivity contribution is 0.171. The molecule has 0 heterocycles. The van der Waals surface area contributed by atoms with Crippen LogP contribution in [-0.2, 0) is 17.8 Å². The Morgan fingerprint density at radius 3 is 2.52 bits per heavy atom. The molecule has 0 aliphatic rings. The van der Waals surface area contributed by atoms with Gasteiger partial charge in [-0.3, -0.25) is 4.99 Å². The number of halogens is 1. The van der Waals surface area contributed by atoms with E-state index in [1.54, 1.807) is 21.3 Å². The number of rotatable bonds is 10. The first-order valence-corrected chi connectivity index (χ1v) is 9.45. The molecule has 29 heavy (non-hydrogen) atoms. The molecule has 0 atom stereocenters. The Morgan fingerprint density at radius 2 is 1.79 bits per heavy atom. The Bertz CT molecular complexity index is 769. The number of hydrogen-bond acceptors (Lipinski definition) is 4.